The number of hydrogen-bond donors (Lipinski definition) is 2. The van der Waals surface area contributed by atoms with Crippen LogP contribution in [0.5, 0.6) is 0 Å². The molecule has 2 N–H and O–H groups in total. The second-order valence-corrected chi connectivity index (χ2v) is 17.9. The van der Waals surface area contributed by atoms with Crippen molar-refractivity contribution in [1.29, 1.82) is 0 Å². The van der Waals surface area contributed by atoms with E-state index < -0.39 is 12.1 Å². The first-order valence-electron chi connectivity index (χ1n) is 20.1. The van der Waals surface area contributed by atoms with E-state index in [4.69, 9.17) is 25.6 Å². The first-order valence-corrected chi connectivity index (χ1v) is 20.1. The summed E-state index contributed by atoms with van der Waals surface area (Å²) in [6, 6.07) is 3.82. The van der Waals surface area contributed by atoms with Gasteiger partial charge in [-0.3, -0.25) is 4.79 Å². The van der Waals surface area contributed by atoms with Gasteiger partial charge in [-0.25, -0.2) is 9.78 Å². The van der Waals surface area contributed by atoms with Crippen molar-refractivity contribution in [2.75, 3.05) is 13.7 Å². The molecule has 2 saturated heterocycles. The van der Waals surface area contributed by atoms with Crippen LogP contribution < -0.4 is 10.8 Å². The van der Waals surface area contributed by atoms with Crippen LogP contribution in [0, 0.1) is 17.8 Å². The number of allylic oxidation sites excluding steroid dienone is 5. The van der Waals surface area contributed by atoms with Crippen molar-refractivity contribution < 1.29 is 23.6 Å². The number of nitrogens with zero attached hydrogens (tertiary/aromatic N) is 2. The normalized spacial score (nSPS) is 31.0. The number of benzene rings is 1. The Bertz CT molecular complexity index is 1860. The molecule has 6 atom stereocenters. The minimum absolute atomic E-state index is 0.0881. The van der Waals surface area contributed by atoms with Gasteiger partial charge in [-0.15, -0.1) is 0 Å². The predicted molar refractivity (Wildman–Crippen MR) is 208 cm³/mol. The quantitative estimate of drug-likeness (QED) is 0.282. The molecule has 4 fully saturated rings. The highest BCUT2D eigenvalue weighted by Gasteiger charge is 2.54. The first kappa shape index (κ1) is 36.4. The van der Waals surface area contributed by atoms with E-state index in [9.17, 15) is 9.59 Å². The minimum Gasteiger partial charge on any atom is -0.453 e. The lowest BCUT2D eigenvalue weighted by atomic mass is 9.69. The van der Waals surface area contributed by atoms with Gasteiger partial charge in [0.2, 0.25) is 5.91 Å². The van der Waals surface area contributed by atoms with E-state index in [0.717, 1.165) is 49.2 Å². The molecule has 2 saturated carbocycles. The van der Waals surface area contributed by atoms with Crippen LogP contribution in [0.25, 0.3) is 11.1 Å². The molecule has 3 heterocycles. The number of ether oxygens (including phenoxy) is 1. The summed E-state index contributed by atoms with van der Waals surface area (Å²) < 4.78 is 18.1. The lowest BCUT2D eigenvalue weighted by Crippen LogP contribution is -2.51. The first-order chi connectivity index (χ1) is 25.3. The number of nitrogens with one attached hydrogen (secondary N) is 2. The number of carbonyl (C=O) groups is 2. The highest BCUT2D eigenvalue weighted by Crippen LogP contribution is 2.56. The number of aromatic amines is 1. The molecule has 282 valence electrons. The lowest BCUT2D eigenvalue weighted by Gasteiger charge is -2.32. The van der Waals surface area contributed by atoms with Crippen molar-refractivity contribution in [3.05, 3.63) is 70.8 Å². The zero-order valence-corrected chi connectivity index (χ0v) is 32.7. The smallest absolute Gasteiger partial charge is 0.453 e. The van der Waals surface area contributed by atoms with Gasteiger partial charge in [0.1, 0.15) is 11.9 Å². The van der Waals surface area contributed by atoms with Crippen LogP contribution in [-0.4, -0.2) is 64.9 Å². The maximum Gasteiger partial charge on any atom is 0.495 e. The molecule has 6 aliphatic rings. The van der Waals surface area contributed by atoms with Gasteiger partial charge in [0, 0.05) is 12.1 Å². The van der Waals surface area contributed by atoms with E-state index in [-0.39, 0.29) is 36.2 Å². The Balaban J connectivity index is 1.13. The summed E-state index contributed by atoms with van der Waals surface area (Å²) in [4.78, 5) is 36.3. The molecular weight excluding hydrogens is 663 g/mol. The number of H-pyrrole nitrogens is 1. The summed E-state index contributed by atoms with van der Waals surface area (Å²) in [7, 11) is 0.974. The van der Waals surface area contributed by atoms with Gasteiger partial charge in [-0.05, 0) is 148 Å². The number of alkyl carbamates (subject to hydrolysis) is 1. The number of likely N-dealkylation sites (tertiary alicyclic amines) is 1. The Morgan fingerprint density at radius 3 is 2.43 bits per heavy atom. The second-order valence-electron chi connectivity index (χ2n) is 17.9. The van der Waals surface area contributed by atoms with Gasteiger partial charge in [0.25, 0.3) is 0 Å². The summed E-state index contributed by atoms with van der Waals surface area (Å²) in [6.45, 7) is 17.8. The third-order valence-electron chi connectivity index (χ3n) is 13.9. The molecule has 53 heavy (non-hydrogen) atoms. The van der Waals surface area contributed by atoms with Crippen LogP contribution in [0.4, 0.5) is 4.79 Å². The summed E-state index contributed by atoms with van der Waals surface area (Å²) in [5, 5.41) is 2.75. The van der Waals surface area contributed by atoms with Crippen LogP contribution in [-0.2, 0) is 18.8 Å². The Kier molecular flexibility index (Phi) is 9.32. The Hall–Kier alpha value is -3.63. The fourth-order valence-corrected chi connectivity index (χ4v) is 10.3. The molecular formula is C43H57BN4O5. The van der Waals surface area contributed by atoms with Crippen molar-refractivity contribution in [2.45, 2.75) is 134 Å². The fourth-order valence-electron chi connectivity index (χ4n) is 10.3. The highest BCUT2D eigenvalue weighted by atomic mass is 16.7. The number of imidazole rings is 1. The molecule has 2 amide bonds. The Morgan fingerprint density at radius 2 is 1.72 bits per heavy atom. The van der Waals surface area contributed by atoms with Gasteiger partial charge >= 0.3 is 13.2 Å². The molecule has 2 aromatic rings. The predicted octanol–water partition coefficient (Wildman–Crippen LogP) is 7.96. The van der Waals surface area contributed by atoms with Gasteiger partial charge in [0.05, 0.1) is 36.2 Å². The topological polar surface area (TPSA) is 106 Å². The van der Waals surface area contributed by atoms with Crippen LogP contribution in [0.3, 0.4) is 0 Å². The van der Waals surface area contributed by atoms with E-state index in [1.807, 2.05) is 24.9 Å². The van der Waals surface area contributed by atoms with Crippen LogP contribution in [0.2, 0.25) is 0 Å². The van der Waals surface area contributed by atoms with Crippen molar-refractivity contribution in [3.63, 3.8) is 0 Å². The van der Waals surface area contributed by atoms with Crippen molar-refractivity contribution in [1.82, 2.24) is 20.2 Å². The lowest BCUT2D eigenvalue weighted by molar-refractivity contribution is -0.135. The molecule has 2 aliphatic heterocycles. The molecule has 4 aliphatic carbocycles. The van der Waals surface area contributed by atoms with Crippen molar-refractivity contribution in [3.8, 4) is 0 Å². The van der Waals surface area contributed by atoms with Crippen LogP contribution in [0.1, 0.15) is 145 Å². The number of hydrogen-bond acceptors (Lipinski definition) is 6. The van der Waals surface area contributed by atoms with E-state index in [2.05, 4.69) is 62.3 Å². The third-order valence-corrected chi connectivity index (χ3v) is 13.9. The molecule has 9 nitrogen and oxygen atoms in total. The van der Waals surface area contributed by atoms with E-state index >= 15 is 0 Å². The van der Waals surface area contributed by atoms with E-state index in [1.54, 1.807) is 5.56 Å². The zero-order chi connectivity index (χ0) is 37.4. The molecule has 1 aromatic heterocycles. The average molecular weight is 721 g/mol. The molecule has 4 bridgehead atoms. The highest BCUT2D eigenvalue weighted by molar-refractivity contribution is 6.62. The fraction of sp³-hybridized carbons (Fsp3) is 0.605. The average Bonchev–Trinajstić information content (AvgIpc) is 3.97. The molecule has 10 heteroatoms. The maximum absolute atomic E-state index is 13.8. The number of methoxy groups -OCH3 is 1. The van der Waals surface area contributed by atoms with E-state index in [1.165, 1.54) is 60.5 Å². The second kappa shape index (κ2) is 13.6. The van der Waals surface area contributed by atoms with E-state index in [0.29, 0.717) is 30.2 Å². The van der Waals surface area contributed by atoms with Gasteiger partial charge in [0.15, 0.2) is 0 Å². The van der Waals surface area contributed by atoms with Crippen LogP contribution in [0.15, 0.2) is 42.6 Å². The maximum atomic E-state index is 13.8. The van der Waals surface area contributed by atoms with Crippen molar-refractivity contribution in [2.24, 2.45) is 17.8 Å². The summed E-state index contributed by atoms with van der Waals surface area (Å²) in [6.07, 6.45) is 15.9. The summed E-state index contributed by atoms with van der Waals surface area (Å²) >= 11 is 0. The SMILES string of the molecule is C=C1/C(c2cnc([C@@H]3CCCN3C(=O)[C@@H](NC(=O)OC)C(C)C)[nH]2)=C\C=C(\c2ccc(B3OC(C)(C)C(C)(C)O3)c3c2C2CCC3C2)CC2CCC1C2. The minimum atomic E-state index is -0.671. The standard InChI is InChI=1S/C43H57BN4O5/c1-24(2)38(47-41(50)51-8)40(49)48-19-9-10-35(48)39-45-23-34(46-39)31-16-15-28(21-26-11-12-27(20-26)25(31)3)32-17-18-33(37-30-14-13-29(22-30)36(32)37)44-52-42(4,5)43(6,7)53-44/h15-18,23-24,26-27,29-30,35,38H,3,9-14,19-22H2,1-2,4-8H3,(H,45,46)(H,47,50)/b28-15+,31-16+/t26?,27?,29?,30?,35-,38-/m0/s1. The third kappa shape index (κ3) is 6.31. The molecule has 4 unspecified atom stereocenters. The number of rotatable bonds is 7. The Morgan fingerprint density at radius 1 is 1.00 bits per heavy atom. The number of aromatic nitrogens is 2. The summed E-state index contributed by atoms with van der Waals surface area (Å²) in [5.41, 5.74) is 9.55. The Labute approximate surface area is 315 Å². The zero-order valence-electron chi connectivity index (χ0n) is 32.7. The molecule has 0 spiro atoms. The number of fused-ring (bicyclic) bond motifs is 7. The largest absolute Gasteiger partial charge is 0.495 e. The summed E-state index contributed by atoms with van der Waals surface area (Å²) in [5.74, 6) is 2.79. The van der Waals surface area contributed by atoms with Crippen LogP contribution >= 0.6 is 0 Å². The monoisotopic (exact) mass is 720 g/mol. The number of amides is 2. The molecule has 8 rings (SSSR count). The number of carbonyl (C=O) groups excluding carboxylic acids is 2. The van der Waals surface area contributed by atoms with Crippen molar-refractivity contribution >= 4 is 35.7 Å². The van der Waals surface area contributed by atoms with Gasteiger partial charge < -0.3 is 29.2 Å². The van der Waals surface area contributed by atoms with Gasteiger partial charge in [-0.1, -0.05) is 44.7 Å². The molecule has 0 radical (unpaired) electrons. The van der Waals surface area contributed by atoms with Gasteiger partial charge in [-0.2, -0.15) is 0 Å². The molecule has 1 aromatic carbocycles.